The number of nitrogens with zero attached hydrogens (tertiary/aromatic N) is 3. The molecular formula is C12H11ClF3N3O2. The first-order valence-corrected chi connectivity index (χ1v) is 6.09. The maximum absolute atomic E-state index is 12.6. The van der Waals surface area contributed by atoms with Crippen LogP contribution < -0.4 is 0 Å². The molecule has 0 aliphatic rings. The van der Waals surface area contributed by atoms with Gasteiger partial charge in [-0.25, -0.2) is 9.67 Å². The Labute approximate surface area is 123 Å². The Balaban J connectivity index is 2.47. The van der Waals surface area contributed by atoms with Crippen LogP contribution in [0.25, 0.3) is 5.82 Å². The summed E-state index contributed by atoms with van der Waals surface area (Å²) in [7, 11) is 2.85. The Bertz CT molecular complexity index is 626. The van der Waals surface area contributed by atoms with Crippen LogP contribution >= 0.6 is 11.6 Å². The van der Waals surface area contributed by atoms with Crippen LogP contribution in [0.5, 0.6) is 0 Å². The summed E-state index contributed by atoms with van der Waals surface area (Å²) < 4.78 is 49.2. The van der Waals surface area contributed by atoms with Gasteiger partial charge in [0.05, 0.1) is 10.6 Å². The molecule has 2 heterocycles. The molecule has 2 rings (SSSR count). The van der Waals surface area contributed by atoms with E-state index in [9.17, 15) is 13.2 Å². The largest absolute Gasteiger partial charge is 0.417 e. The zero-order valence-electron chi connectivity index (χ0n) is 11.1. The van der Waals surface area contributed by atoms with Crippen LogP contribution in [0.2, 0.25) is 5.02 Å². The SMILES string of the molecule is COC(OC)c1ccnn1-c1ncc(C(F)(F)F)cc1Cl. The van der Waals surface area contributed by atoms with Crippen molar-refractivity contribution in [1.29, 1.82) is 0 Å². The van der Waals surface area contributed by atoms with Crippen LogP contribution in [0.1, 0.15) is 17.5 Å². The Morgan fingerprint density at radius 2 is 1.95 bits per heavy atom. The molecule has 0 aliphatic carbocycles. The van der Waals surface area contributed by atoms with E-state index in [0.29, 0.717) is 11.9 Å². The van der Waals surface area contributed by atoms with E-state index in [1.807, 2.05) is 0 Å². The summed E-state index contributed by atoms with van der Waals surface area (Å²) in [6.45, 7) is 0. The van der Waals surface area contributed by atoms with Gasteiger partial charge in [0.2, 0.25) is 6.29 Å². The number of alkyl halides is 3. The van der Waals surface area contributed by atoms with E-state index in [2.05, 4.69) is 10.1 Å². The van der Waals surface area contributed by atoms with Crippen LogP contribution in [0.15, 0.2) is 24.5 Å². The Kier molecular flexibility index (Phi) is 4.50. The summed E-state index contributed by atoms with van der Waals surface area (Å²) in [4.78, 5) is 3.74. The second-order valence-corrected chi connectivity index (χ2v) is 4.41. The lowest BCUT2D eigenvalue weighted by Crippen LogP contribution is -2.13. The quantitative estimate of drug-likeness (QED) is 0.811. The Morgan fingerprint density at radius 3 is 2.48 bits per heavy atom. The zero-order valence-corrected chi connectivity index (χ0v) is 11.8. The first-order valence-electron chi connectivity index (χ1n) is 5.71. The van der Waals surface area contributed by atoms with E-state index >= 15 is 0 Å². The van der Waals surface area contributed by atoms with Crippen molar-refractivity contribution in [2.45, 2.75) is 12.5 Å². The first-order chi connectivity index (χ1) is 9.88. The van der Waals surface area contributed by atoms with Crippen molar-refractivity contribution in [2.75, 3.05) is 14.2 Å². The highest BCUT2D eigenvalue weighted by atomic mass is 35.5. The second kappa shape index (κ2) is 6.00. The molecule has 2 aromatic heterocycles. The monoisotopic (exact) mass is 321 g/mol. The van der Waals surface area contributed by atoms with Crippen molar-refractivity contribution < 1.29 is 22.6 Å². The minimum atomic E-state index is -4.51. The van der Waals surface area contributed by atoms with Crippen molar-refractivity contribution in [2.24, 2.45) is 0 Å². The van der Waals surface area contributed by atoms with Gasteiger partial charge in [-0.1, -0.05) is 11.6 Å². The van der Waals surface area contributed by atoms with E-state index in [4.69, 9.17) is 21.1 Å². The second-order valence-electron chi connectivity index (χ2n) is 4.00. The number of ether oxygens (including phenoxy) is 2. The van der Waals surface area contributed by atoms with Crippen LogP contribution in [0, 0.1) is 0 Å². The average Bonchev–Trinajstić information content (AvgIpc) is 2.88. The van der Waals surface area contributed by atoms with Gasteiger partial charge < -0.3 is 9.47 Å². The molecule has 21 heavy (non-hydrogen) atoms. The van der Waals surface area contributed by atoms with Crippen LogP contribution in [0.3, 0.4) is 0 Å². The van der Waals surface area contributed by atoms with Gasteiger partial charge in [0.15, 0.2) is 5.82 Å². The van der Waals surface area contributed by atoms with Gasteiger partial charge >= 0.3 is 6.18 Å². The average molecular weight is 322 g/mol. The molecule has 0 aliphatic heterocycles. The normalized spacial score (nSPS) is 12.1. The molecule has 0 bridgehead atoms. The molecule has 0 fully saturated rings. The maximum atomic E-state index is 12.6. The van der Waals surface area contributed by atoms with Gasteiger partial charge in [-0.05, 0) is 12.1 Å². The molecule has 0 aromatic carbocycles. The number of pyridine rings is 1. The van der Waals surface area contributed by atoms with Crippen molar-refractivity contribution in [1.82, 2.24) is 14.8 Å². The third-order valence-corrected chi connectivity index (χ3v) is 2.97. The fourth-order valence-corrected chi connectivity index (χ4v) is 1.99. The number of methoxy groups -OCH3 is 2. The molecule has 0 spiro atoms. The molecule has 0 saturated heterocycles. The van der Waals surface area contributed by atoms with E-state index in [1.165, 1.54) is 25.1 Å². The summed E-state index contributed by atoms with van der Waals surface area (Å²) in [5.41, 5.74) is -0.478. The third-order valence-electron chi connectivity index (χ3n) is 2.69. The van der Waals surface area contributed by atoms with Crippen LogP contribution in [-0.2, 0) is 15.7 Å². The predicted molar refractivity (Wildman–Crippen MR) is 68.1 cm³/mol. The summed E-state index contributed by atoms with van der Waals surface area (Å²) in [6.07, 6.45) is -3.12. The number of rotatable bonds is 4. The lowest BCUT2D eigenvalue weighted by molar-refractivity contribution is -0.137. The molecule has 0 N–H and O–H groups in total. The minimum absolute atomic E-state index is 0.0590. The van der Waals surface area contributed by atoms with Gasteiger partial charge in [-0.2, -0.15) is 18.3 Å². The van der Waals surface area contributed by atoms with Gasteiger partial charge in [-0.3, -0.25) is 0 Å². The molecule has 0 saturated carbocycles. The summed E-state index contributed by atoms with van der Waals surface area (Å²) >= 11 is 5.88. The smallest absolute Gasteiger partial charge is 0.350 e. The van der Waals surface area contributed by atoms with E-state index in [0.717, 1.165) is 6.07 Å². The van der Waals surface area contributed by atoms with Gasteiger partial charge in [0.25, 0.3) is 0 Å². The minimum Gasteiger partial charge on any atom is -0.350 e. The number of hydrogen-bond acceptors (Lipinski definition) is 4. The van der Waals surface area contributed by atoms with Crippen molar-refractivity contribution >= 4 is 11.6 Å². The maximum Gasteiger partial charge on any atom is 0.417 e. The highest BCUT2D eigenvalue weighted by Gasteiger charge is 2.32. The molecule has 0 atom stereocenters. The number of aromatic nitrogens is 3. The summed E-state index contributed by atoms with van der Waals surface area (Å²) in [6, 6.07) is 2.39. The number of halogens is 4. The van der Waals surface area contributed by atoms with Crippen molar-refractivity contribution in [3.05, 3.63) is 40.8 Å². The molecule has 5 nitrogen and oxygen atoms in total. The Hall–Kier alpha value is -1.64. The van der Waals surface area contributed by atoms with Crippen molar-refractivity contribution in [3.63, 3.8) is 0 Å². The van der Waals surface area contributed by atoms with Gasteiger partial charge in [-0.15, -0.1) is 0 Å². The molecule has 0 unspecified atom stereocenters. The third kappa shape index (κ3) is 3.17. The first kappa shape index (κ1) is 15.7. The van der Waals surface area contributed by atoms with Gasteiger partial charge in [0.1, 0.15) is 5.69 Å². The van der Waals surface area contributed by atoms with E-state index in [-0.39, 0.29) is 10.8 Å². The highest BCUT2D eigenvalue weighted by molar-refractivity contribution is 6.32. The van der Waals surface area contributed by atoms with E-state index < -0.39 is 18.0 Å². The molecular weight excluding hydrogens is 311 g/mol. The highest BCUT2D eigenvalue weighted by Crippen LogP contribution is 2.32. The molecule has 0 radical (unpaired) electrons. The van der Waals surface area contributed by atoms with Crippen LogP contribution in [0.4, 0.5) is 13.2 Å². The van der Waals surface area contributed by atoms with Crippen molar-refractivity contribution in [3.8, 4) is 5.82 Å². The van der Waals surface area contributed by atoms with E-state index in [1.54, 1.807) is 6.07 Å². The molecule has 0 amide bonds. The Morgan fingerprint density at radius 1 is 1.29 bits per heavy atom. The van der Waals surface area contributed by atoms with Gasteiger partial charge in [0, 0.05) is 26.6 Å². The fourth-order valence-electron chi connectivity index (χ4n) is 1.75. The van der Waals surface area contributed by atoms with Crippen LogP contribution in [-0.4, -0.2) is 29.0 Å². The molecule has 9 heteroatoms. The standard InChI is InChI=1S/C12H11ClF3N3O2/c1-20-11(21-2)9-3-4-18-19(9)10-8(13)5-7(6-17-10)12(14,15)16/h3-6,11H,1-2H3. The number of hydrogen-bond donors (Lipinski definition) is 0. The fraction of sp³-hybridized carbons (Fsp3) is 0.333. The summed E-state index contributed by atoms with van der Waals surface area (Å²) in [5, 5.41) is 3.80. The zero-order chi connectivity index (χ0) is 15.6. The molecule has 114 valence electrons. The topological polar surface area (TPSA) is 49.2 Å². The molecule has 2 aromatic rings. The summed E-state index contributed by atoms with van der Waals surface area (Å²) in [5.74, 6) is 0.0590. The lowest BCUT2D eigenvalue weighted by atomic mass is 10.2. The lowest BCUT2D eigenvalue weighted by Gasteiger charge is -2.16. The predicted octanol–water partition coefficient (Wildman–Crippen LogP) is 3.23.